The van der Waals surface area contributed by atoms with E-state index in [1.807, 2.05) is 37.3 Å². The number of benzene rings is 2. The highest BCUT2D eigenvalue weighted by atomic mass is 16.6. The summed E-state index contributed by atoms with van der Waals surface area (Å²) in [7, 11) is 0. The lowest BCUT2D eigenvalue weighted by Crippen LogP contribution is -2.01. The van der Waals surface area contributed by atoms with Crippen LogP contribution in [-0.4, -0.2) is 14.9 Å². The Morgan fingerprint density at radius 1 is 1.10 bits per heavy atom. The van der Waals surface area contributed by atoms with Gasteiger partial charge in [0.25, 0.3) is 0 Å². The zero-order chi connectivity index (χ0) is 15.0. The summed E-state index contributed by atoms with van der Waals surface area (Å²) >= 11 is 0. The van der Waals surface area contributed by atoms with E-state index in [-0.39, 0.29) is 16.9 Å². The Morgan fingerprint density at radius 3 is 2.48 bits per heavy atom. The van der Waals surface area contributed by atoms with Crippen LogP contribution in [0.15, 0.2) is 42.5 Å². The maximum absolute atomic E-state index is 11.2. The van der Waals surface area contributed by atoms with Crippen LogP contribution in [0.25, 0.3) is 22.3 Å². The number of hydrogen-bond donors (Lipinski definition) is 1. The Bertz CT molecular complexity index is 847. The monoisotopic (exact) mass is 280 g/mol. The first kappa shape index (κ1) is 13.0. The van der Waals surface area contributed by atoms with Gasteiger partial charge < -0.3 is 5.73 Å². The van der Waals surface area contributed by atoms with Crippen molar-refractivity contribution in [1.29, 1.82) is 0 Å². The molecule has 0 atom stereocenters. The number of nitro benzene ring substituents is 1. The number of nitrogens with two attached hydrogens (primary N) is 1. The van der Waals surface area contributed by atoms with Crippen molar-refractivity contribution in [2.45, 2.75) is 6.92 Å². The first-order valence-corrected chi connectivity index (χ1v) is 6.34. The minimum Gasteiger partial charge on any atom is -0.393 e. The van der Waals surface area contributed by atoms with Gasteiger partial charge in [0.15, 0.2) is 5.52 Å². The standard InChI is InChI=1S/C15H12N4O2/c1-9-13(10-5-3-2-4-6-10)18-14-12(17-9)8-7-11(16)15(14)19(20)21/h2-8H,16H2,1H3. The topological polar surface area (TPSA) is 94.9 Å². The maximum Gasteiger partial charge on any atom is 0.319 e. The lowest BCUT2D eigenvalue weighted by molar-refractivity contribution is -0.382. The zero-order valence-corrected chi connectivity index (χ0v) is 11.3. The van der Waals surface area contributed by atoms with E-state index in [1.54, 1.807) is 6.07 Å². The third-order valence-electron chi connectivity index (χ3n) is 3.25. The zero-order valence-electron chi connectivity index (χ0n) is 11.3. The number of anilines is 1. The summed E-state index contributed by atoms with van der Waals surface area (Å²) < 4.78 is 0. The number of fused-ring (bicyclic) bond motifs is 1. The van der Waals surface area contributed by atoms with E-state index in [2.05, 4.69) is 9.97 Å². The molecular weight excluding hydrogens is 268 g/mol. The van der Waals surface area contributed by atoms with Crippen LogP contribution < -0.4 is 5.73 Å². The number of nitrogens with zero attached hydrogens (tertiary/aromatic N) is 3. The summed E-state index contributed by atoms with van der Waals surface area (Å²) in [6, 6.07) is 12.6. The number of aryl methyl sites for hydroxylation is 1. The molecule has 1 heterocycles. The van der Waals surface area contributed by atoms with Gasteiger partial charge in [0.2, 0.25) is 0 Å². The van der Waals surface area contributed by atoms with Gasteiger partial charge in [-0.05, 0) is 19.1 Å². The summed E-state index contributed by atoms with van der Waals surface area (Å²) in [6.45, 7) is 1.83. The third-order valence-corrected chi connectivity index (χ3v) is 3.25. The van der Waals surface area contributed by atoms with E-state index in [4.69, 9.17) is 5.73 Å². The molecule has 0 saturated heterocycles. The fourth-order valence-corrected chi connectivity index (χ4v) is 2.27. The Labute approximate surface area is 120 Å². The van der Waals surface area contributed by atoms with Crippen molar-refractivity contribution in [2.24, 2.45) is 0 Å². The Hall–Kier alpha value is -3.02. The highest BCUT2D eigenvalue weighted by Crippen LogP contribution is 2.31. The number of nitro groups is 1. The molecule has 0 radical (unpaired) electrons. The van der Waals surface area contributed by atoms with E-state index in [1.165, 1.54) is 6.07 Å². The first-order valence-electron chi connectivity index (χ1n) is 6.34. The molecule has 3 rings (SSSR count). The van der Waals surface area contributed by atoms with E-state index in [0.717, 1.165) is 5.56 Å². The second-order valence-electron chi connectivity index (χ2n) is 4.65. The van der Waals surface area contributed by atoms with Crippen LogP contribution in [0.4, 0.5) is 11.4 Å². The van der Waals surface area contributed by atoms with Crippen LogP contribution in [0.5, 0.6) is 0 Å². The molecule has 0 amide bonds. The third kappa shape index (κ3) is 2.16. The SMILES string of the molecule is Cc1nc2ccc(N)c([N+](=O)[O-])c2nc1-c1ccccc1. The molecule has 6 nitrogen and oxygen atoms in total. The normalized spacial score (nSPS) is 10.7. The van der Waals surface area contributed by atoms with Gasteiger partial charge in [-0.15, -0.1) is 0 Å². The predicted molar refractivity (Wildman–Crippen MR) is 80.8 cm³/mol. The van der Waals surface area contributed by atoms with Gasteiger partial charge in [-0.1, -0.05) is 30.3 Å². The van der Waals surface area contributed by atoms with Crippen molar-refractivity contribution in [3.63, 3.8) is 0 Å². The molecule has 0 aliphatic carbocycles. The van der Waals surface area contributed by atoms with E-state index < -0.39 is 4.92 Å². The number of hydrogen-bond acceptors (Lipinski definition) is 5. The molecular formula is C15H12N4O2. The number of nitrogen functional groups attached to an aromatic ring is 1. The van der Waals surface area contributed by atoms with Gasteiger partial charge in [0, 0.05) is 5.56 Å². The second-order valence-corrected chi connectivity index (χ2v) is 4.65. The Morgan fingerprint density at radius 2 is 1.81 bits per heavy atom. The van der Waals surface area contributed by atoms with Crippen molar-refractivity contribution in [3.8, 4) is 11.3 Å². The number of aromatic nitrogens is 2. The highest BCUT2D eigenvalue weighted by Gasteiger charge is 2.20. The maximum atomic E-state index is 11.2. The van der Waals surface area contributed by atoms with E-state index >= 15 is 0 Å². The average molecular weight is 280 g/mol. The second kappa shape index (κ2) is 4.82. The molecule has 0 fully saturated rings. The Kier molecular flexibility index (Phi) is 2.98. The summed E-state index contributed by atoms with van der Waals surface area (Å²) in [5.74, 6) is 0. The smallest absolute Gasteiger partial charge is 0.319 e. The van der Waals surface area contributed by atoms with Crippen LogP contribution in [0.2, 0.25) is 0 Å². The molecule has 21 heavy (non-hydrogen) atoms. The molecule has 2 N–H and O–H groups in total. The van der Waals surface area contributed by atoms with E-state index in [0.29, 0.717) is 16.9 Å². The summed E-state index contributed by atoms with van der Waals surface area (Å²) in [6.07, 6.45) is 0. The van der Waals surface area contributed by atoms with Crippen molar-refractivity contribution < 1.29 is 4.92 Å². The van der Waals surface area contributed by atoms with Gasteiger partial charge in [-0.25, -0.2) is 9.97 Å². The molecule has 3 aromatic rings. The van der Waals surface area contributed by atoms with Gasteiger partial charge in [0.1, 0.15) is 5.69 Å². The van der Waals surface area contributed by atoms with Crippen molar-refractivity contribution in [3.05, 3.63) is 58.3 Å². The summed E-state index contributed by atoms with van der Waals surface area (Å²) in [4.78, 5) is 19.6. The first-order chi connectivity index (χ1) is 10.1. The van der Waals surface area contributed by atoms with Gasteiger partial charge >= 0.3 is 5.69 Å². The molecule has 0 saturated carbocycles. The molecule has 6 heteroatoms. The lowest BCUT2D eigenvalue weighted by Gasteiger charge is -2.08. The molecule has 0 bridgehead atoms. The average Bonchev–Trinajstić information content (AvgIpc) is 2.47. The van der Waals surface area contributed by atoms with Gasteiger partial charge in [-0.3, -0.25) is 10.1 Å². The Balaban J connectivity index is 2.36. The van der Waals surface area contributed by atoms with Crippen LogP contribution >= 0.6 is 0 Å². The molecule has 2 aromatic carbocycles. The molecule has 0 aliphatic heterocycles. The minimum absolute atomic E-state index is 0.0877. The summed E-state index contributed by atoms with van der Waals surface area (Å²) in [5, 5.41) is 11.2. The molecule has 0 unspecified atom stereocenters. The summed E-state index contributed by atoms with van der Waals surface area (Å²) in [5.41, 5.74) is 8.47. The fraction of sp³-hybridized carbons (Fsp3) is 0.0667. The van der Waals surface area contributed by atoms with Crippen molar-refractivity contribution >= 4 is 22.4 Å². The van der Waals surface area contributed by atoms with E-state index in [9.17, 15) is 10.1 Å². The molecule has 0 spiro atoms. The van der Waals surface area contributed by atoms with Crippen LogP contribution in [0.3, 0.4) is 0 Å². The number of rotatable bonds is 2. The fourth-order valence-electron chi connectivity index (χ4n) is 2.27. The molecule has 104 valence electrons. The van der Waals surface area contributed by atoms with Crippen LogP contribution in [0.1, 0.15) is 5.69 Å². The lowest BCUT2D eigenvalue weighted by atomic mass is 10.1. The van der Waals surface area contributed by atoms with Crippen molar-refractivity contribution in [2.75, 3.05) is 5.73 Å². The molecule has 1 aromatic heterocycles. The van der Waals surface area contributed by atoms with Crippen LogP contribution in [-0.2, 0) is 0 Å². The predicted octanol–water partition coefficient (Wildman–Crippen LogP) is 3.10. The largest absolute Gasteiger partial charge is 0.393 e. The highest BCUT2D eigenvalue weighted by molar-refractivity contribution is 5.92. The quantitative estimate of drug-likeness (QED) is 0.442. The minimum atomic E-state index is -0.517. The van der Waals surface area contributed by atoms with Crippen LogP contribution in [0, 0.1) is 17.0 Å². The van der Waals surface area contributed by atoms with Gasteiger partial charge in [0.05, 0.1) is 21.8 Å². The molecule has 0 aliphatic rings. The van der Waals surface area contributed by atoms with Gasteiger partial charge in [-0.2, -0.15) is 0 Å². The van der Waals surface area contributed by atoms with Crippen molar-refractivity contribution in [1.82, 2.24) is 9.97 Å².